The zero-order valence-electron chi connectivity index (χ0n) is 14.2. The van der Waals surface area contributed by atoms with Crippen molar-refractivity contribution in [2.24, 2.45) is 0 Å². The first-order valence-corrected chi connectivity index (χ1v) is 8.31. The van der Waals surface area contributed by atoms with Crippen molar-refractivity contribution in [3.05, 3.63) is 66.0 Å². The third kappa shape index (κ3) is 4.41. The molecule has 0 saturated heterocycles. The van der Waals surface area contributed by atoms with E-state index in [2.05, 4.69) is 80.0 Å². The Kier molecular flexibility index (Phi) is 6.14. The van der Waals surface area contributed by atoms with Gasteiger partial charge in [-0.25, -0.2) is 0 Å². The molecule has 0 N–H and O–H groups in total. The third-order valence-corrected chi connectivity index (χ3v) is 4.25. The molecule has 2 heteroatoms. The number of nitrogens with zero attached hydrogens (tertiary/aromatic N) is 2. The molecule has 0 aliphatic rings. The molecule has 22 heavy (non-hydrogen) atoms. The van der Waals surface area contributed by atoms with Crippen LogP contribution in [-0.2, 0) is 0 Å². The first-order valence-electron chi connectivity index (χ1n) is 8.31. The van der Waals surface area contributed by atoms with Gasteiger partial charge in [0.1, 0.15) is 0 Å². The topological polar surface area (TPSA) is 16.1 Å². The summed E-state index contributed by atoms with van der Waals surface area (Å²) >= 11 is 0. The zero-order chi connectivity index (χ0) is 15.9. The second-order valence-corrected chi connectivity index (χ2v) is 6.43. The van der Waals surface area contributed by atoms with Crippen LogP contribution in [0.25, 0.3) is 0 Å². The van der Waals surface area contributed by atoms with E-state index < -0.39 is 0 Å². The molecule has 0 aliphatic heterocycles. The monoisotopic (exact) mass is 296 g/mol. The lowest BCUT2D eigenvalue weighted by molar-refractivity contribution is 0.170. The normalized spacial score (nSPS) is 13.0. The number of rotatable bonds is 7. The standard InChI is InChI=1S/C20H28N2/c1-16(2)22(17(3)4)15-13-19(18-10-6-5-7-11-18)20-12-8-9-14-21-20/h5-12,14,16-17,19H,13,15H2,1-4H3/t19-/m0/s1. The molecule has 0 fully saturated rings. The number of benzene rings is 1. The quantitative estimate of drug-likeness (QED) is 0.735. The smallest absolute Gasteiger partial charge is 0.0478 e. The average molecular weight is 296 g/mol. The molecule has 0 saturated carbocycles. The van der Waals surface area contributed by atoms with Crippen LogP contribution in [0.1, 0.15) is 51.3 Å². The molecular weight excluding hydrogens is 268 g/mol. The largest absolute Gasteiger partial charge is 0.299 e. The molecule has 0 aliphatic carbocycles. The van der Waals surface area contributed by atoms with Crippen LogP contribution in [0.4, 0.5) is 0 Å². The summed E-state index contributed by atoms with van der Waals surface area (Å²) in [5.41, 5.74) is 2.52. The van der Waals surface area contributed by atoms with Crippen LogP contribution in [0.5, 0.6) is 0 Å². The highest BCUT2D eigenvalue weighted by molar-refractivity contribution is 5.28. The Hall–Kier alpha value is -1.67. The van der Waals surface area contributed by atoms with Gasteiger partial charge in [-0.15, -0.1) is 0 Å². The van der Waals surface area contributed by atoms with Gasteiger partial charge in [0.25, 0.3) is 0 Å². The number of aromatic nitrogens is 1. The minimum Gasteiger partial charge on any atom is -0.299 e. The minimum atomic E-state index is 0.363. The highest BCUT2D eigenvalue weighted by Gasteiger charge is 2.19. The Morgan fingerprint density at radius 2 is 1.50 bits per heavy atom. The van der Waals surface area contributed by atoms with Crippen LogP contribution in [0.15, 0.2) is 54.7 Å². The van der Waals surface area contributed by atoms with Gasteiger partial charge < -0.3 is 0 Å². The highest BCUT2D eigenvalue weighted by atomic mass is 15.2. The van der Waals surface area contributed by atoms with Crippen LogP contribution in [-0.4, -0.2) is 28.5 Å². The van der Waals surface area contributed by atoms with E-state index in [1.807, 2.05) is 12.3 Å². The summed E-state index contributed by atoms with van der Waals surface area (Å²) in [5, 5.41) is 0. The predicted molar refractivity (Wildman–Crippen MR) is 94.1 cm³/mol. The van der Waals surface area contributed by atoms with Gasteiger partial charge in [-0.1, -0.05) is 36.4 Å². The lowest BCUT2D eigenvalue weighted by atomic mass is 9.91. The summed E-state index contributed by atoms with van der Waals surface area (Å²) in [4.78, 5) is 7.16. The van der Waals surface area contributed by atoms with Gasteiger partial charge in [-0.05, 0) is 58.4 Å². The van der Waals surface area contributed by atoms with E-state index in [0.717, 1.165) is 13.0 Å². The molecule has 2 nitrogen and oxygen atoms in total. The van der Waals surface area contributed by atoms with Crippen molar-refractivity contribution in [2.45, 2.75) is 52.1 Å². The molecule has 0 spiro atoms. The van der Waals surface area contributed by atoms with E-state index in [-0.39, 0.29) is 0 Å². The molecular formula is C20H28N2. The second kappa shape index (κ2) is 8.09. The van der Waals surface area contributed by atoms with Gasteiger partial charge in [-0.3, -0.25) is 9.88 Å². The lowest BCUT2D eigenvalue weighted by Crippen LogP contribution is -2.38. The maximum absolute atomic E-state index is 4.60. The van der Waals surface area contributed by atoms with E-state index >= 15 is 0 Å². The molecule has 0 amide bonds. The molecule has 0 bridgehead atoms. The van der Waals surface area contributed by atoms with E-state index in [0.29, 0.717) is 18.0 Å². The molecule has 2 aromatic rings. The van der Waals surface area contributed by atoms with Crippen LogP contribution < -0.4 is 0 Å². The van der Waals surface area contributed by atoms with Crippen LogP contribution in [0.2, 0.25) is 0 Å². The molecule has 1 aromatic carbocycles. The first-order chi connectivity index (χ1) is 10.6. The summed E-state index contributed by atoms with van der Waals surface area (Å²) in [6.45, 7) is 10.2. The van der Waals surface area contributed by atoms with Crippen molar-refractivity contribution >= 4 is 0 Å². The molecule has 0 unspecified atom stereocenters. The second-order valence-electron chi connectivity index (χ2n) is 6.43. The Morgan fingerprint density at radius 3 is 2.05 bits per heavy atom. The summed E-state index contributed by atoms with van der Waals surface area (Å²) in [7, 11) is 0. The molecule has 118 valence electrons. The van der Waals surface area contributed by atoms with Crippen LogP contribution >= 0.6 is 0 Å². The lowest BCUT2D eigenvalue weighted by Gasteiger charge is -2.32. The van der Waals surface area contributed by atoms with Gasteiger partial charge in [0.15, 0.2) is 0 Å². The highest BCUT2D eigenvalue weighted by Crippen LogP contribution is 2.27. The summed E-state index contributed by atoms with van der Waals surface area (Å²) in [6.07, 6.45) is 2.99. The van der Waals surface area contributed by atoms with Crippen molar-refractivity contribution < 1.29 is 0 Å². The van der Waals surface area contributed by atoms with Crippen molar-refractivity contribution in [3.8, 4) is 0 Å². The SMILES string of the molecule is CC(C)N(CC[C@@H](c1ccccc1)c1ccccn1)C(C)C. The van der Waals surface area contributed by atoms with Crippen molar-refractivity contribution in [3.63, 3.8) is 0 Å². The fourth-order valence-electron chi connectivity index (χ4n) is 3.14. The Balaban J connectivity index is 2.19. The van der Waals surface area contributed by atoms with Gasteiger partial charge in [0, 0.05) is 29.9 Å². The molecule has 2 rings (SSSR count). The van der Waals surface area contributed by atoms with E-state index in [1.165, 1.54) is 11.3 Å². The van der Waals surface area contributed by atoms with Crippen molar-refractivity contribution in [1.29, 1.82) is 0 Å². The Labute approximate surface area is 135 Å². The Bertz CT molecular complexity index is 487. The summed E-state index contributed by atoms with van der Waals surface area (Å²) in [6, 6.07) is 18.1. The van der Waals surface area contributed by atoms with Gasteiger partial charge in [0.2, 0.25) is 0 Å². The predicted octanol–water partition coefficient (Wildman–Crippen LogP) is 4.72. The number of pyridine rings is 1. The van der Waals surface area contributed by atoms with Crippen molar-refractivity contribution in [1.82, 2.24) is 9.88 Å². The maximum atomic E-state index is 4.60. The number of hydrogen-bond acceptors (Lipinski definition) is 2. The van der Waals surface area contributed by atoms with Gasteiger partial charge in [-0.2, -0.15) is 0 Å². The van der Waals surface area contributed by atoms with Crippen LogP contribution in [0.3, 0.4) is 0 Å². The Morgan fingerprint density at radius 1 is 0.864 bits per heavy atom. The number of hydrogen-bond donors (Lipinski definition) is 0. The fourth-order valence-corrected chi connectivity index (χ4v) is 3.14. The van der Waals surface area contributed by atoms with E-state index in [4.69, 9.17) is 0 Å². The van der Waals surface area contributed by atoms with Crippen molar-refractivity contribution in [2.75, 3.05) is 6.54 Å². The van der Waals surface area contributed by atoms with E-state index in [1.54, 1.807) is 0 Å². The molecule has 1 atom stereocenters. The molecule has 0 radical (unpaired) electrons. The minimum absolute atomic E-state index is 0.363. The first kappa shape index (κ1) is 16.7. The van der Waals surface area contributed by atoms with Gasteiger partial charge >= 0.3 is 0 Å². The fraction of sp³-hybridized carbons (Fsp3) is 0.450. The van der Waals surface area contributed by atoms with Crippen LogP contribution in [0, 0.1) is 0 Å². The summed E-state index contributed by atoms with van der Waals surface area (Å²) in [5.74, 6) is 0.363. The third-order valence-electron chi connectivity index (χ3n) is 4.25. The average Bonchev–Trinajstić information content (AvgIpc) is 2.52. The zero-order valence-corrected chi connectivity index (χ0v) is 14.2. The van der Waals surface area contributed by atoms with Gasteiger partial charge in [0.05, 0.1) is 0 Å². The summed E-state index contributed by atoms with van der Waals surface area (Å²) < 4.78 is 0. The van der Waals surface area contributed by atoms with E-state index in [9.17, 15) is 0 Å². The molecule has 1 heterocycles. The molecule has 1 aromatic heterocycles. The maximum Gasteiger partial charge on any atom is 0.0478 e.